The molecule has 0 bridgehead atoms. The Labute approximate surface area is 136 Å². The quantitative estimate of drug-likeness (QED) is 0.478. The fraction of sp³-hybridized carbons (Fsp3) is 1.00. The zero-order valence-electron chi connectivity index (χ0n) is 13.0. The van der Waals surface area contributed by atoms with E-state index in [-0.39, 0.29) is 0 Å². The maximum absolute atomic E-state index is 9.75. The Morgan fingerprint density at radius 1 is 0.560 bits per heavy atom. The second kappa shape index (κ2) is 11.1. The van der Waals surface area contributed by atoms with Crippen molar-refractivity contribution in [2.45, 2.75) is 18.9 Å². The molecule has 0 aromatic rings. The van der Waals surface area contributed by atoms with Crippen LogP contribution in [0, 0.1) is 0 Å². The molecule has 17 heteroatoms. The van der Waals surface area contributed by atoms with Gasteiger partial charge < -0.3 is 56.7 Å². The summed E-state index contributed by atoms with van der Waals surface area (Å²) >= 11 is 0. The first-order chi connectivity index (χ1) is 10.9. The van der Waals surface area contributed by atoms with E-state index in [9.17, 15) is 51.8 Å². The van der Waals surface area contributed by atoms with E-state index in [4.69, 9.17) is 0 Å². The van der Waals surface area contributed by atoms with E-state index in [1.54, 1.807) is 0 Å². The van der Waals surface area contributed by atoms with Crippen LogP contribution in [0.4, 0.5) is 51.8 Å². The van der Waals surface area contributed by atoms with Crippen molar-refractivity contribution in [1.82, 2.24) is 9.80 Å². The van der Waals surface area contributed by atoms with Gasteiger partial charge in [0.2, 0.25) is 0 Å². The van der Waals surface area contributed by atoms with E-state index in [1.807, 2.05) is 0 Å². The third-order valence-electron chi connectivity index (χ3n) is 2.60. The third kappa shape index (κ3) is 39.8. The van der Waals surface area contributed by atoms with Gasteiger partial charge in [0.05, 0.1) is 0 Å². The summed E-state index contributed by atoms with van der Waals surface area (Å²) in [6.07, 6.45) is 2.92. The molecule has 0 N–H and O–H groups in total. The van der Waals surface area contributed by atoms with Crippen molar-refractivity contribution >= 4 is 21.8 Å². The summed E-state index contributed by atoms with van der Waals surface area (Å²) in [6.45, 7) is 5.16. The molecule has 0 unspecified atom stereocenters. The summed E-state index contributed by atoms with van der Waals surface area (Å²) in [4.78, 5) is 5.05. The monoisotopic (exact) mass is 401 g/mol. The molecule has 2 fully saturated rings. The van der Waals surface area contributed by atoms with Crippen molar-refractivity contribution in [2.75, 3.05) is 33.2 Å². The lowest BCUT2D eigenvalue weighted by Gasteiger charge is -2.32. The minimum absolute atomic E-state index is 0.980. The second-order valence-electron chi connectivity index (χ2n) is 5.06. The minimum Gasteiger partial charge on any atom is -0.418 e. The summed E-state index contributed by atoms with van der Waals surface area (Å²) in [5.74, 6) is 0. The Bertz CT molecular complexity index is 288. The highest BCUT2D eigenvalue weighted by Gasteiger charge is 2.30. The van der Waals surface area contributed by atoms with Gasteiger partial charge in [-0.05, 0) is 19.9 Å². The van der Waals surface area contributed by atoms with Crippen LogP contribution in [0.15, 0.2) is 0 Å². The first-order valence-electron chi connectivity index (χ1n) is 6.91. The summed E-state index contributed by atoms with van der Waals surface area (Å²) in [5, 5.41) is 0. The first kappa shape index (κ1) is 26.5. The molecule has 1 heterocycles. The van der Waals surface area contributed by atoms with Crippen LogP contribution >= 0.6 is 0 Å². The molecule has 2 rings (SSSR count). The van der Waals surface area contributed by atoms with Gasteiger partial charge in [0.15, 0.2) is 0 Å². The Kier molecular flexibility index (Phi) is 11.8. The number of likely N-dealkylation sites (N-methyl/N-ethyl adjacent to an activating group) is 1. The van der Waals surface area contributed by atoms with Gasteiger partial charge in [-0.1, -0.05) is 0 Å². The normalized spacial score (nSPS) is 19.6. The van der Waals surface area contributed by atoms with E-state index in [0.717, 1.165) is 6.04 Å². The van der Waals surface area contributed by atoms with Crippen LogP contribution in [-0.4, -0.2) is 70.8 Å². The highest BCUT2D eigenvalue weighted by molar-refractivity contribution is 6.50. The Hall–Kier alpha value is -0.725. The van der Waals surface area contributed by atoms with Crippen molar-refractivity contribution in [3.05, 3.63) is 0 Å². The van der Waals surface area contributed by atoms with Gasteiger partial charge >= 0.3 is 21.8 Å². The topological polar surface area (TPSA) is 6.48 Å². The fourth-order valence-corrected chi connectivity index (χ4v) is 1.63. The average molecular weight is 401 g/mol. The fourth-order valence-electron chi connectivity index (χ4n) is 1.63. The molecule has 0 atom stereocenters. The molecule has 0 aromatic heterocycles. The number of hydrogen-bond acceptors (Lipinski definition) is 2. The van der Waals surface area contributed by atoms with Crippen LogP contribution in [0.25, 0.3) is 0 Å². The van der Waals surface area contributed by atoms with Crippen LogP contribution < -0.4 is 0 Å². The largest absolute Gasteiger partial charge is 0.673 e. The zero-order chi connectivity index (χ0) is 20.5. The van der Waals surface area contributed by atoms with Crippen molar-refractivity contribution in [1.29, 1.82) is 0 Å². The highest BCUT2D eigenvalue weighted by Crippen LogP contribution is 2.27. The molecule has 1 saturated carbocycles. The van der Waals surface area contributed by atoms with Crippen LogP contribution in [0.1, 0.15) is 12.8 Å². The third-order valence-corrected chi connectivity index (χ3v) is 2.60. The van der Waals surface area contributed by atoms with Gasteiger partial charge in [-0.2, -0.15) is 0 Å². The lowest BCUT2D eigenvalue weighted by Crippen LogP contribution is -2.45. The molecular weight excluding hydrogens is 385 g/mol. The second-order valence-corrected chi connectivity index (χ2v) is 5.06. The highest BCUT2D eigenvalue weighted by atomic mass is 19.5. The van der Waals surface area contributed by atoms with E-state index in [0.29, 0.717) is 0 Å². The summed E-state index contributed by atoms with van der Waals surface area (Å²) in [7, 11) is -15.8. The lowest BCUT2D eigenvalue weighted by atomic mass is 10.3. The van der Waals surface area contributed by atoms with E-state index in [2.05, 4.69) is 16.8 Å². The van der Waals surface area contributed by atoms with E-state index >= 15 is 0 Å². The Balaban J connectivity index is 0. The average Bonchev–Trinajstić information content (AvgIpc) is 3.06. The molecule has 2 aliphatic rings. The van der Waals surface area contributed by atoms with Gasteiger partial charge in [-0.3, -0.25) is 4.90 Å². The molecule has 0 amide bonds. The predicted octanol–water partition coefficient (Wildman–Crippen LogP) is 4.30. The van der Waals surface area contributed by atoms with Crippen LogP contribution in [-0.2, 0) is 0 Å². The maximum Gasteiger partial charge on any atom is 0.673 e. The summed E-state index contributed by atoms with van der Waals surface area (Å²) < 4.78 is 117. The number of rotatable bonds is 1. The van der Waals surface area contributed by atoms with Crippen LogP contribution in [0.3, 0.4) is 0 Å². The Morgan fingerprint density at radius 3 is 1.00 bits per heavy atom. The molecule has 0 radical (unpaired) electrons. The van der Waals surface area contributed by atoms with E-state index in [1.165, 1.54) is 39.0 Å². The van der Waals surface area contributed by atoms with Crippen LogP contribution in [0.5, 0.6) is 0 Å². The first-order valence-corrected chi connectivity index (χ1v) is 6.91. The summed E-state index contributed by atoms with van der Waals surface area (Å²) in [5.41, 5.74) is 0. The SMILES string of the molecule is CN1CCN(C2CC2)CC1.F[B-](F)(F)F.F[B-](F)(F)F.F[B-](F)(F)F. The number of halogens is 12. The predicted molar refractivity (Wildman–Crippen MR) is 72.6 cm³/mol. The Morgan fingerprint density at radius 2 is 0.800 bits per heavy atom. The number of piperazine rings is 1. The van der Waals surface area contributed by atoms with Crippen molar-refractivity contribution in [3.63, 3.8) is 0 Å². The van der Waals surface area contributed by atoms with Gasteiger partial charge in [0.1, 0.15) is 0 Å². The van der Waals surface area contributed by atoms with Crippen molar-refractivity contribution in [2.24, 2.45) is 0 Å². The smallest absolute Gasteiger partial charge is 0.418 e. The standard InChI is InChI=1S/C8H16N2.3BF4/c1-9-4-6-10(7-5-9)8-2-3-8;3*2-1(3,4)5/h8H,2-7H2,1H3;;;/q;3*-1. The minimum atomic E-state index is -6.00. The van der Waals surface area contributed by atoms with Gasteiger partial charge in [-0.15, -0.1) is 0 Å². The molecule has 154 valence electrons. The zero-order valence-corrected chi connectivity index (χ0v) is 13.0. The van der Waals surface area contributed by atoms with Gasteiger partial charge in [0.25, 0.3) is 0 Å². The molecule has 0 aromatic carbocycles. The van der Waals surface area contributed by atoms with Gasteiger partial charge in [0, 0.05) is 32.2 Å². The molecule has 2 nitrogen and oxygen atoms in total. The molecule has 1 saturated heterocycles. The lowest BCUT2D eigenvalue weighted by molar-refractivity contribution is 0.147. The summed E-state index contributed by atoms with van der Waals surface area (Å²) in [6, 6.07) is 0.980. The number of hydrogen-bond donors (Lipinski definition) is 0. The van der Waals surface area contributed by atoms with Gasteiger partial charge in [-0.25, -0.2) is 0 Å². The van der Waals surface area contributed by atoms with Crippen molar-refractivity contribution < 1.29 is 51.8 Å². The van der Waals surface area contributed by atoms with Crippen LogP contribution in [0.2, 0.25) is 0 Å². The maximum atomic E-state index is 9.75. The molecular formula is C8H16B3F12N2-3. The molecule has 1 aliphatic heterocycles. The molecule has 0 spiro atoms. The molecule has 25 heavy (non-hydrogen) atoms. The molecule has 1 aliphatic carbocycles. The van der Waals surface area contributed by atoms with Crippen molar-refractivity contribution in [3.8, 4) is 0 Å². The van der Waals surface area contributed by atoms with E-state index < -0.39 is 21.8 Å². The number of nitrogens with zero attached hydrogens (tertiary/aromatic N) is 2.